The maximum atomic E-state index is 11.7. The van der Waals surface area contributed by atoms with Gasteiger partial charge in [0.1, 0.15) is 5.82 Å². The number of rotatable bonds is 4. The normalized spacial score (nSPS) is 10.4. The third kappa shape index (κ3) is 2.65. The van der Waals surface area contributed by atoms with Gasteiger partial charge in [-0.25, -0.2) is 4.98 Å². The van der Waals surface area contributed by atoms with Crippen molar-refractivity contribution in [2.75, 3.05) is 13.6 Å². The fraction of sp³-hybridized carbons (Fsp3) is 0.500. The van der Waals surface area contributed by atoms with Crippen LogP contribution in [0.25, 0.3) is 0 Å². The first kappa shape index (κ1) is 11.4. The molecule has 0 aliphatic rings. The van der Waals surface area contributed by atoms with Crippen LogP contribution in [-0.4, -0.2) is 39.6 Å². The minimum Gasteiger partial charge on any atom is -0.335 e. The molecule has 0 atom stereocenters. The number of aromatic nitrogens is 3. The van der Waals surface area contributed by atoms with Crippen LogP contribution in [0.15, 0.2) is 12.7 Å². The molecule has 0 saturated carbocycles. The number of aromatic amines is 1. The summed E-state index contributed by atoms with van der Waals surface area (Å²) >= 11 is 0. The average molecular weight is 208 g/mol. The van der Waals surface area contributed by atoms with E-state index in [4.69, 9.17) is 0 Å². The zero-order valence-corrected chi connectivity index (χ0v) is 9.32. The number of carbonyl (C=O) groups excluding carboxylic acids is 1. The molecule has 0 aliphatic heterocycles. The van der Waals surface area contributed by atoms with E-state index in [0.29, 0.717) is 6.54 Å². The Balaban J connectivity index is 2.78. The molecule has 0 fully saturated rings. The summed E-state index contributed by atoms with van der Waals surface area (Å²) in [5.41, 5.74) is 0. The predicted octanol–water partition coefficient (Wildman–Crippen LogP) is 1.19. The molecule has 1 aromatic heterocycles. The lowest BCUT2D eigenvalue weighted by atomic mass is 10.2. The molecule has 0 unspecified atom stereocenters. The minimum atomic E-state index is -0.196. The molecule has 82 valence electrons. The highest BCUT2D eigenvalue weighted by atomic mass is 16.2. The van der Waals surface area contributed by atoms with Crippen LogP contribution in [0.5, 0.6) is 0 Å². The van der Waals surface area contributed by atoms with Gasteiger partial charge in [0.2, 0.25) is 5.82 Å². The molecule has 1 heterocycles. The van der Waals surface area contributed by atoms with Gasteiger partial charge in [0.25, 0.3) is 5.91 Å². The van der Waals surface area contributed by atoms with E-state index < -0.39 is 0 Å². The molecule has 0 radical (unpaired) electrons. The number of nitrogens with one attached hydrogen (secondary N) is 1. The van der Waals surface area contributed by atoms with E-state index >= 15 is 0 Å². The lowest BCUT2D eigenvalue weighted by Gasteiger charge is -2.11. The molecule has 0 aliphatic carbocycles. The molecule has 1 rings (SSSR count). The molecule has 1 N–H and O–H groups in total. The lowest BCUT2D eigenvalue weighted by molar-refractivity contribution is 0.0798. The van der Waals surface area contributed by atoms with Gasteiger partial charge in [-0.2, -0.15) is 0 Å². The maximum absolute atomic E-state index is 11.7. The van der Waals surface area contributed by atoms with Crippen molar-refractivity contribution >= 4 is 5.91 Å². The smallest absolute Gasteiger partial charge is 0.293 e. The molecule has 1 amide bonds. The second-order valence-corrected chi connectivity index (χ2v) is 3.67. The lowest BCUT2D eigenvalue weighted by Crippen LogP contribution is -2.27. The zero-order chi connectivity index (χ0) is 11.4. The fourth-order valence-electron chi connectivity index (χ4n) is 1.08. The minimum absolute atomic E-state index is 0.196. The standard InChI is InChI=1S/C10H16N4O/c1-5-6-14(4)10(15)9-11-8(7(2)3)12-13-9/h5,7H,1,6H2,2-4H3,(H,11,12,13). The molecular weight excluding hydrogens is 192 g/mol. The Kier molecular flexibility index (Phi) is 3.60. The summed E-state index contributed by atoms with van der Waals surface area (Å²) in [6.07, 6.45) is 1.66. The van der Waals surface area contributed by atoms with Gasteiger partial charge in [0.15, 0.2) is 0 Å². The Hall–Kier alpha value is -1.65. The maximum Gasteiger partial charge on any atom is 0.293 e. The summed E-state index contributed by atoms with van der Waals surface area (Å²) in [4.78, 5) is 17.3. The van der Waals surface area contributed by atoms with Gasteiger partial charge in [0.05, 0.1) is 0 Å². The van der Waals surface area contributed by atoms with E-state index in [1.54, 1.807) is 13.1 Å². The molecule has 0 spiro atoms. The quantitative estimate of drug-likeness (QED) is 0.756. The first-order valence-electron chi connectivity index (χ1n) is 4.85. The van der Waals surface area contributed by atoms with Crippen molar-refractivity contribution in [3.05, 3.63) is 24.3 Å². The Labute approximate surface area is 89.2 Å². The van der Waals surface area contributed by atoms with Crippen LogP contribution in [0.3, 0.4) is 0 Å². The highest BCUT2D eigenvalue weighted by Gasteiger charge is 2.16. The summed E-state index contributed by atoms with van der Waals surface area (Å²) < 4.78 is 0. The number of hydrogen-bond donors (Lipinski definition) is 1. The molecule has 5 heteroatoms. The topological polar surface area (TPSA) is 61.9 Å². The average Bonchev–Trinajstić information content (AvgIpc) is 2.65. The summed E-state index contributed by atoms with van der Waals surface area (Å²) in [6, 6.07) is 0. The molecule has 0 aromatic carbocycles. The SMILES string of the molecule is C=CCN(C)C(=O)c1n[nH]c(C(C)C)n1. The van der Waals surface area contributed by atoms with Crippen LogP contribution in [0, 0.1) is 0 Å². The molecule has 15 heavy (non-hydrogen) atoms. The Morgan fingerprint density at radius 3 is 2.80 bits per heavy atom. The fourth-order valence-corrected chi connectivity index (χ4v) is 1.08. The van der Waals surface area contributed by atoms with E-state index in [1.165, 1.54) is 4.90 Å². The zero-order valence-electron chi connectivity index (χ0n) is 9.32. The van der Waals surface area contributed by atoms with Crippen molar-refractivity contribution in [2.45, 2.75) is 19.8 Å². The van der Waals surface area contributed by atoms with Crippen LogP contribution in [0.1, 0.15) is 36.2 Å². The highest BCUT2D eigenvalue weighted by molar-refractivity contribution is 5.90. The van der Waals surface area contributed by atoms with Gasteiger partial charge in [-0.05, 0) is 0 Å². The first-order valence-corrected chi connectivity index (χ1v) is 4.85. The number of carbonyl (C=O) groups is 1. The van der Waals surface area contributed by atoms with Crippen molar-refractivity contribution in [3.63, 3.8) is 0 Å². The van der Waals surface area contributed by atoms with Crippen LogP contribution in [0.2, 0.25) is 0 Å². The number of hydrogen-bond acceptors (Lipinski definition) is 3. The van der Waals surface area contributed by atoms with E-state index in [9.17, 15) is 4.79 Å². The van der Waals surface area contributed by atoms with Gasteiger partial charge < -0.3 is 4.90 Å². The Morgan fingerprint density at radius 2 is 2.33 bits per heavy atom. The highest BCUT2D eigenvalue weighted by Crippen LogP contribution is 2.08. The number of likely N-dealkylation sites (N-methyl/N-ethyl adjacent to an activating group) is 1. The van der Waals surface area contributed by atoms with Gasteiger partial charge in [-0.15, -0.1) is 11.7 Å². The summed E-state index contributed by atoms with van der Waals surface area (Å²) in [6.45, 7) is 8.03. The number of nitrogens with zero attached hydrogens (tertiary/aromatic N) is 3. The van der Waals surface area contributed by atoms with Gasteiger partial charge in [-0.3, -0.25) is 9.89 Å². The predicted molar refractivity (Wildman–Crippen MR) is 57.6 cm³/mol. The summed E-state index contributed by atoms with van der Waals surface area (Å²) in [7, 11) is 1.69. The monoisotopic (exact) mass is 208 g/mol. The van der Waals surface area contributed by atoms with E-state index in [2.05, 4.69) is 21.8 Å². The van der Waals surface area contributed by atoms with E-state index in [-0.39, 0.29) is 17.6 Å². The third-order valence-electron chi connectivity index (χ3n) is 1.99. The van der Waals surface area contributed by atoms with Gasteiger partial charge in [-0.1, -0.05) is 19.9 Å². The Bertz CT molecular complexity index is 356. The molecule has 5 nitrogen and oxygen atoms in total. The van der Waals surface area contributed by atoms with Crippen molar-refractivity contribution in [2.24, 2.45) is 0 Å². The summed E-state index contributed by atoms with van der Waals surface area (Å²) in [5.74, 6) is 0.982. The largest absolute Gasteiger partial charge is 0.335 e. The second-order valence-electron chi connectivity index (χ2n) is 3.67. The second kappa shape index (κ2) is 4.72. The van der Waals surface area contributed by atoms with Gasteiger partial charge in [0, 0.05) is 19.5 Å². The molecule has 0 bridgehead atoms. The Morgan fingerprint density at radius 1 is 1.67 bits per heavy atom. The van der Waals surface area contributed by atoms with E-state index in [0.717, 1.165) is 5.82 Å². The molecule has 1 aromatic rings. The van der Waals surface area contributed by atoms with Crippen molar-refractivity contribution in [1.29, 1.82) is 0 Å². The number of H-pyrrole nitrogens is 1. The molecule has 0 saturated heterocycles. The van der Waals surface area contributed by atoms with Crippen molar-refractivity contribution in [1.82, 2.24) is 20.1 Å². The van der Waals surface area contributed by atoms with Crippen LogP contribution in [-0.2, 0) is 0 Å². The first-order chi connectivity index (χ1) is 7.06. The van der Waals surface area contributed by atoms with Crippen LogP contribution in [0.4, 0.5) is 0 Å². The van der Waals surface area contributed by atoms with Crippen LogP contribution < -0.4 is 0 Å². The van der Waals surface area contributed by atoms with Crippen molar-refractivity contribution in [3.8, 4) is 0 Å². The number of amides is 1. The molecular formula is C10H16N4O. The third-order valence-corrected chi connectivity index (χ3v) is 1.99. The van der Waals surface area contributed by atoms with Gasteiger partial charge >= 0.3 is 0 Å². The van der Waals surface area contributed by atoms with E-state index in [1.807, 2.05) is 13.8 Å². The van der Waals surface area contributed by atoms with Crippen molar-refractivity contribution < 1.29 is 4.79 Å². The van der Waals surface area contributed by atoms with Crippen LogP contribution >= 0.6 is 0 Å². The summed E-state index contributed by atoms with van der Waals surface area (Å²) in [5, 5.41) is 6.63.